The van der Waals surface area contributed by atoms with Crippen molar-refractivity contribution in [1.29, 1.82) is 0 Å². The highest BCUT2D eigenvalue weighted by atomic mass is 16.5. The van der Waals surface area contributed by atoms with Crippen LogP contribution in [-0.2, 0) is 0 Å². The Labute approximate surface area is 126 Å². The van der Waals surface area contributed by atoms with Gasteiger partial charge in [-0.05, 0) is 50.2 Å². The summed E-state index contributed by atoms with van der Waals surface area (Å²) in [4.78, 5) is 14.4. The maximum absolute atomic E-state index is 12.4. The molecule has 0 N–H and O–H groups in total. The molecule has 2 aromatic rings. The van der Waals surface area contributed by atoms with Gasteiger partial charge in [-0.2, -0.15) is 0 Å². The summed E-state index contributed by atoms with van der Waals surface area (Å²) in [5.41, 5.74) is 1.78. The van der Waals surface area contributed by atoms with Gasteiger partial charge in [0.2, 0.25) is 0 Å². The molecule has 0 bridgehead atoms. The molecule has 3 nitrogen and oxygen atoms in total. The topological polar surface area (TPSA) is 29.5 Å². The summed E-state index contributed by atoms with van der Waals surface area (Å²) in [6.45, 7) is 5.81. The van der Waals surface area contributed by atoms with Crippen molar-refractivity contribution in [2.75, 3.05) is 24.6 Å². The summed E-state index contributed by atoms with van der Waals surface area (Å²) < 4.78 is 5.39. The zero-order valence-corrected chi connectivity index (χ0v) is 12.6. The number of ether oxygens (including phenoxy) is 1. The van der Waals surface area contributed by atoms with E-state index in [2.05, 4.69) is 11.8 Å². The van der Waals surface area contributed by atoms with Crippen molar-refractivity contribution in [2.45, 2.75) is 13.8 Å². The van der Waals surface area contributed by atoms with Crippen molar-refractivity contribution in [3.63, 3.8) is 0 Å². The van der Waals surface area contributed by atoms with Crippen LogP contribution in [0, 0.1) is 0 Å². The number of para-hydroxylation sites is 1. The summed E-state index contributed by atoms with van der Waals surface area (Å²) in [7, 11) is 0. The lowest BCUT2D eigenvalue weighted by Crippen LogP contribution is -2.29. The number of benzene rings is 2. The molecule has 0 radical (unpaired) electrons. The molecule has 0 unspecified atom stereocenters. The summed E-state index contributed by atoms with van der Waals surface area (Å²) >= 11 is 0. The van der Waals surface area contributed by atoms with Crippen molar-refractivity contribution in [3.05, 3.63) is 60.2 Å². The summed E-state index contributed by atoms with van der Waals surface area (Å²) in [5.74, 6) is 0.910. The first-order valence-electron chi connectivity index (χ1n) is 7.30. The van der Waals surface area contributed by atoms with Gasteiger partial charge in [0.15, 0.2) is 5.78 Å². The van der Waals surface area contributed by atoms with Crippen molar-refractivity contribution in [1.82, 2.24) is 0 Å². The highest BCUT2D eigenvalue weighted by molar-refractivity contribution is 5.99. The van der Waals surface area contributed by atoms with E-state index in [1.54, 1.807) is 0 Å². The lowest BCUT2D eigenvalue weighted by molar-refractivity contribution is 0.0999. The highest BCUT2D eigenvalue weighted by Crippen LogP contribution is 2.16. The van der Waals surface area contributed by atoms with Crippen molar-refractivity contribution < 1.29 is 9.53 Å². The fraction of sp³-hybridized carbons (Fsp3) is 0.278. The number of ketones is 1. The second-order valence-corrected chi connectivity index (χ2v) is 4.73. The van der Waals surface area contributed by atoms with E-state index >= 15 is 0 Å². The third-order valence-electron chi connectivity index (χ3n) is 3.32. The second kappa shape index (κ2) is 7.48. The minimum absolute atomic E-state index is 0.115. The minimum atomic E-state index is 0.115. The monoisotopic (exact) mass is 283 g/mol. The largest absolute Gasteiger partial charge is 0.494 e. The van der Waals surface area contributed by atoms with E-state index in [1.807, 2.05) is 61.5 Å². The van der Waals surface area contributed by atoms with E-state index in [1.165, 1.54) is 0 Å². The Balaban J connectivity index is 2.05. The maximum Gasteiger partial charge on any atom is 0.182 e. The van der Waals surface area contributed by atoms with Crippen LogP contribution in [0.1, 0.15) is 24.2 Å². The van der Waals surface area contributed by atoms with Gasteiger partial charge in [0.05, 0.1) is 13.2 Å². The molecule has 0 amide bonds. The number of likely N-dealkylation sites (N-methyl/N-ethyl adjacent to an activating group) is 1. The van der Waals surface area contributed by atoms with Gasteiger partial charge < -0.3 is 9.64 Å². The smallest absolute Gasteiger partial charge is 0.182 e. The van der Waals surface area contributed by atoms with Crippen LogP contribution < -0.4 is 9.64 Å². The molecule has 0 aliphatic heterocycles. The fourth-order valence-corrected chi connectivity index (χ4v) is 2.19. The number of anilines is 1. The highest BCUT2D eigenvalue weighted by Gasteiger charge is 2.11. The van der Waals surface area contributed by atoms with Gasteiger partial charge in [-0.1, -0.05) is 18.2 Å². The number of carbonyl (C=O) groups is 1. The average molecular weight is 283 g/mol. The van der Waals surface area contributed by atoms with Gasteiger partial charge >= 0.3 is 0 Å². The molecule has 3 heteroatoms. The van der Waals surface area contributed by atoms with Crippen LogP contribution in [0.4, 0.5) is 5.69 Å². The first-order valence-corrected chi connectivity index (χ1v) is 7.30. The van der Waals surface area contributed by atoms with Gasteiger partial charge in [0.25, 0.3) is 0 Å². The fourth-order valence-electron chi connectivity index (χ4n) is 2.19. The first-order chi connectivity index (χ1) is 10.2. The Morgan fingerprint density at radius 1 is 1.00 bits per heavy atom. The molecule has 0 fully saturated rings. The van der Waals surface area contributed by atoms with Gasteiger partial charge in [0, 0.05) is 17.8 Å². The summed E-state index contributed by atoms with van der Waals surface area (Å²) in [6.07, 6.45) is 0. The molecule has 0 heterocycles. The number of nitrogens with zero attached hydrogens (tertiary/aromatic N) is 1. The molecule has 2 aromatic carbocycles. The molecule has 0 saturated heterocycles. The quantitative estimate of drug-likeness (QED) is 0.724. The average Bonchev–Trinajstić information content (AvgIpc) is 2.54. The molecule has 21 heavy (non-hydrogen) atoms. The molecule has 0 atom stereocenters. The van der Waals surface area contributed by atoms with Gasteiger partial charge in [-0.25, -0.2) is 0 Å². The normalized spacial score (nSPS) is 10.2. The van der Waals surface area contributed by atoms with E-state index in [-0.39, 0.29) is 5.78 Å². The predicted molar refractivity (Wildman–Crippen MR) is 86.3 cm³/mol. The van der Waals surface area contributed by atoms with Crippen LogP contribution in [-0.4, -0.2) is 25.5 Å². The number of hydrogen-bond donors (Lipinski definition) is 0. The first kappa shape index (κ1) is 15.1. The predicted octanol–water partition coefficient (Wildman–Crippen LogP) is 3.79. The zero-order valence-electron chi connectivity index (χ0n) is 12.6. The molecule has 2 rings (SSSR count). The maximum atomic E-state index is 12.4. The zero-order chi connectivity index (χ0) is 15.1. The van der Waals surface area contributed by atoms with E-state index in [0.29, 0.717) is 18.7 Å². The standard InChI is InChI=1S/C18H21NO2/c1-3-19(16-8-6-5-7-9-16)14-18(20)15-10-12-17(13-11-15)21-4-2/h5-13H,3-4,14H2,1-2H3. The number of carbonyl (C=O) groups excluding carboxylic acids is 1. The Morgan fingerprint density at radius 3 is 2.24 bits per heavy atom. The van der Waals surface area contributed by atoms with Crippen molar-refractivity contribution in [2.24, 2.45) is 0 Å². The molecule has 110 valence electrons. The number of Topliss-reactive ketones (excluding diaryl/α,β-unsaturated/α-hetero) is 1. The lowest BCUT2D eigenvalue weighted by atomic mass is 10.1. The van der Waals surface area contributed by atoms with E-state index < -0.39 is 0 Å². The van der Waals surface area contributed by atoms with Crippen molar-refractivity contribution in [3.8, 4) is 5.75 Å². The number of hydrogen-bond acceptors (Lipinski definition) is 3. The third-order valence-corrected chi connectivity index (χ3v) is 3.32. The molecule has 0 spiro atoms. The molecule has 0 aliphatic rings. The number of rotatable bonds is 7. The third kappa shape index (κ3) is 4.09. The van der Waals surface area contributed by atoms with E-state index in [4.69, 9.17) is 4.74 Å². The van der Waals surface area contributed by atoms with Crippen LogP contribution in [0.15, 0.2) is 54.6 Å². The van der Waals surface area contributed by atoms with Crippen molar-refractivity contribution >= 4 is 11.5 Å². The van der Waals surface area contributed by atoms with Crippen LogP contribution in [0.2, 0.25) is 0 Å². The Hall–Kier alpha value is -2.29. The SMILES string of the molecule is CCOc1ccc(C(=O)CN(CC)c2ccccc2)cc1. The molecular formula is C18H21NO2. The van der Waals surface area contributed by atoms with Crippen LogP contribution >= 0.6 is 0 Å². The molecule has 0 aliphatic carbocycles. The summed E-state index contributed by atoms with van der Waals surface area (Å²) in [5, 5.41) is 0. The van der Waals surface area contributed by atoms with Crippen LogP contribution in [0.25, 0.3) is 0 Å². The van der Waals surface area contributed by atoms with Crippen LogP contribution in [0.3, 0.4) is 0 Å². The van der Waals surface area contributed by atoms with E-state index in [9.17, 15) is 4.79 Å². The summed E-state index contributed by atoms with van der Waals surface area (Å²) in [6, 6.07) is 17.3. The molecule has 0 saturated carbocycles. The molecule has 0 aromatic heterocycles. The minimum Gasteiger partial charge on any atom is -0.494 e. The van der Waals surface area contributed by atoms with Gasteiger partial charge in [0.1, 0.15) is 5.75 Å². The Bertz CT molecular complexity index is 564. The second-order valence-electron chi connectivity index (χ2n) is 4.73. The van der Waals surface area contributed by atoms with Crippen LogP contribution in [0.5, 0.6) is 5.75 Å². The molecular weight excluding hydrogens is 262 g/mol. The lowest BCUT2D eigenvalue weighted by Gasteiger charge is -2.22. The van der Waals surface area contributed by atoms with E-state index in [0.717, 1.165) is 18.0 Å². The van der Waals surface area contributed by atoms with Gasteiger partial charge in [-0.15, -0.1) is 0 Å². The van der Waals surface area contributed by atoms with Gasteiger partial charge in [-0.3, -0.25) is 4.79 Å². The Morgan fingerprint density at radius 2 is 1.67 bits per heavy atom. The Kier molecular flexibility index (Phi) is 5.38.